The van der Waals surface area contributed by atoms with Crippen LogP contribution in [0.25, 0.3) is 0 Å². The number of guanidine groups is 1. The second-order valence-corrected chi connectivity index (χ2v) is 7.60. The topological polar surface area (TPSA) is 58.5 Å². The van der Waals surface area contributed by atoms with Crippen LogP contribution in [0.3, 0.4) is 0 Å². The molecule has 2 aromatic rings. The molecule has 0 unspecified atom stereocenters. The van der Waals surface area contributed by atoms with E-state index in [9.17, 15) is 0 Å². The van der Waals surface area contributed by atoms with Gasteiger partial charge in [0.2, 0.25) is 0 Å². The third kappa shape index (κ3) is 6.74. The van der Waals surface area contributed by atoms with E-state index in [-0.39, 0.29) is 0 Å². The molecule has 0 aliphatic rings. The SMILES string of the molecule is CN=C(NCCc1ncc(C)s1)NCc1ccccc1OCC(C)C. The van der Waals surface area contributed by atoms with Gasteiger partial charge in [0.1, 0.15) is 5.75 Å². The smallest absolute Gasteiger partial charge is 0.191 e. The summed E-state index contributed by atoms with van der Waals surface area (Å²) >= 11 is 1.74. The van der Waals surface area contributed by atoms with Crippen molar-refractivity contribution < 1.29 is 4.74 Å². The van der Waals surface area contributed by atoms with Crippen molar-refractivity contribution in [2.75, 3.05) is 20.2 Å². The molecule has 2 N–H and O–H groups in total. The van der Waals surface area contributed by atoms with Crippen LogP contribution < -0.4 is 15.4 Å². The quantitative estimate of drug-likeness (QED) is 0.560. The average Bonchev–Trinajstić information content (AvgIpc) is 3.02. The Balaban J connectivity index is 1.82. The normalized spacial score (nSPS) is 11.6. The maximum Gasteiger partial charge on any atom is 0.191 e. The summed E-state index contributed by atoms with van der Waals surface area (Å²) < 4.78 is 5.90. The van der Waals surface area contributed by atoms with E-state index < -0.39 is 0 Å². The number of hydrogen-bond donors (Lipinski definition) is 2. The minimum Gasteiger partial charge on any atom is -0.493 e. The predicted octanol–water partition coefficient (Wildman–Crippen LogP) is 3.39. The molecule has 1 aromatic carbocycles. The van der Waals surface area contributed by atoms with E-state index in [1.807, 2.05) is 24.4 Å². The first kappa shape index (κ1) is 19.2. The van der Waals surface area contributed by atoms with Crippen LogP contribution in [0.2, 0.25) is 0 Å². The first-order valence-electron chi connectivity index (χ1n) is 8.65. The largest absolute Gasteiger partial charge is 0.493 e. The second kappa shape index (κ2) is 10.0. The van der Waals surface area contributed by atoms with Gasteiger partial charge < -0.3 is 15.4 Å². The lowest BCUT2D eigenvalue weighted by Crippen LogP contribution is -2.37. The number of aryl methyl sites for hydroxylation is 1. The fourth-order valence-corrected chi connectivity index (χ4v) is 3.04. The Morgan fingerprint density at radius 1 is 1.28 bits per heavy atom. The Morgan fingerprint density at radius 2 is 2.08 bits per heavy atom. The second-order valence-electron chi connectivity index (χ2n) is 6.28. The highest BCUT2D eigenvalue weighted by atomic mass is 32.1. The molecule has 0 aliphatic carbocycles. The first-order chi connectivity index (χ1) is 12.1. The van der Waals surface area contributed by atoms with Crippen LogP contribution in [-0.2, 0) is 13.0 Å². The summed E-state index contributed by atoms with van der Waals surface area (Å²) in [7, 11) is 1.78. The van der Waals surface area contributed by atoms with Gasteiger partial charge in [0.05, 0.1) is 11.6 Å². The van der Waals surface area contributed by atoms with Gasteiger partial charge >= 0.3 is 0 Å². The van der Waals surface area contributed by atoms with Gasteiger partial charge in [-0.15, -0.1) is 11.3 Å². The summed E-state index contributed by atoms with van der Waals surface area (Å²) in [6.07, 6.45) is 2.81. The van der Waals surface area contributed by atoms with Crippen molar-refractivity contribution in [3.8, 4) is 5.75 Å². The molecule has 5 nitrogen and oxygen atoms in total. The molecule has 0 saturated heterocycles. The molecular weight excluding hydrogens is 332 g/mol. The number of hydrogen-bond acceptors (Lipinski definition) is 4. The molecule has 0 atom stereocenters. The van der Waals surface area contributed by atoms with E-state index in [1.54, 1.807) is 18.4 Å². The number of rotatable bonds is 8. The number of benzene rings is 1. The predicted molar refractivity (Wildman–Crippen MR) is 106 cm³/mol. The number of nitrogens with zero attached hydrogens (tertiary/aromatic N) is 2. The lowest BCUT2D eigenvalue weighted by atomic mass is 10.2. The van der Waals surface area contributed by atoms with Crippen molar-refractivity contribution >= 4 is 17.3 Å². The van der Waals surface area contributed by atoms with Gasteiger partial charge in [-0.25, -0.2) is 4.98 Å². The molecule has 2 rings (SSSR count). The number of nitrogens with one attached hydrogen (secondary N) is 2. The van der Waals surface area contributed by atoms with Crippen LogP contribution in [0.15, 0.2) is 35.5 Å². The Bertz CT molecular complexity index is 682. The Morgan fingerprint density at radius 3 is 2.76 bits per heavy atom. The fourth-order valence-electron chi connectivity index (χ4n) is 2.25. The highest BCUT2D eigenvalue weighted by Gasteiger charge is 2.06. The van der Waals surface area contributed by atoms with Crippen LogP contribution in [0.5, 0.6) is 5.75 Å². The highest BCUT2D eigenvalue weighted by Crippen LogP contribution is 2.18. The van der Waals surface area contributed by atoms with Crippen molar-refractivity contribution in [2.24, 2.45) is 10.9 Å². The third-order valence-corrected chi connectivity index (χ3v) is 4.49. The van der Waals surface area contributed by atoms with Crippen LogP contribution in [0.1, 0.15) is 29.3 Å². The molecule has 0 fully saturated rings. The summed E-state index contributed by atoms with van der Waals surface area (Å²) in [4.78, 5) is 9.91. The van der Waals surface area contributed by atoms with Crippen molar-refractivity contribution in [1.29, 1.82) is 0 Å². The fraction of sp³-hybridized carbons (Fsp3) is 0.474. The zero-order valence-corrected chi connectivity index (χ0v) is 16.3. The van der Waals surface area contributed by atoms with Gasteiger partial charge in [0.15, 0.2) is 5.96 Å². The molecule has 0 spiro atoms. The average molecular weight is 361 g/mol. The van der Waals surface area contributed by atoms with Gasteiger partial charge in [-0.05, 0) is 18.9 Å². The third-order valence-electron chi connectivity index (χ3n) is 3.52. The minimum atomic E-state index is 0.505. The molecule has 1 aromatic heterocycles. The van der Waals surface area contributed by atoms with E-state index >= 15 is 0 Å². The van der Waals surface area contributed by atoms with E-state index in [0.717, 1.165) is 41.9 Å². The van der Waals surface area contributed by atoms with Gasteiger partial charge in [-0.1, -0.05) is 32.0 Å². The Labute approximate surface area is 154 Å². The Kier molecular flexibility index (Phi) is 7.73. The van der Waals surface area contributed by atoms with Gasteiger partial charge in [-0.3, -0.25) is 4.99 Å². The van der Waals surface area contributed by atoms with Crippen molar-refractivity contribution in [2.45, 2.75) is 33.7 Å². The van der Waals surface area contributed by atoms with Gasteiger partial charge in [0, 0.05) is 43.2 Å². The van der Waals surface area contributed by atoms with Crippen LogP contribution >= 0.6 is 11.3 Å². The maximum atomic E-state index is 5.90. The Hall–Kier alpha value is -2.08. The number of aliphatic imine (C=N–C) groups is 1. The highest BCUT2D eigenvalue weighted by molar-refractivity contribution is 7.11. The number of thiazole rings is 1. The molecule has 25 heavy (non-hydrogen) atoms. The lowest BCUT2D eigenvalue weighted by Gasteiger charge is -2.15. The van der Waals surface area contributed by atoms with Crippen molar-refractivity contribution in [3.63, 3.8) is 0 Å². The maximum absolute atomic E-state index is 5.90. The minimum absolute atomic E-state index is 0.505. The van der Waals surface area contributed by atoms with Crippen LogP contribution in [0.4, 0.5) is 0 Å². The van der Waals surface area contributed by atoms with Gasteiger partial charge in [0.25, 0.3) is 0 Å². The molecule has 0 amide bonds. The van der Waals surface area contributed by atoms with Crippen LogP contribution in [-0.4, -0.2) is 31.1 Å². The number of ether oxygens (including phenoxy) is 1. The first-order valence-corrected chi connectivity index (χ1v) is 9.46. The zero-order valence-electron chi connectivity index (χ0n) is 15.5. The van der Waals surface area contributed by atoms with E-state index in [4.69, 9.17) is 4.74 Å². The van der Waals surface area contributed by atoms with Crippen molar-refractivity contribution in [3.05, 3.63) is 45.9 Å². The molecule has 0 bridgehead atoms. The summed E-state index contributed by atoms with van der Waals surface area (Å²) in [5, 5.41) is 7.83. The molecule has 0 radical (unpaired) electrons. The molecule has 0 aliphatic heterocycles. The van der Waals surface area contributed by atoms with E-state index in [0.29, 0.717) is 12.5 Å². The summed E-state index contributed by atoms with van der Waals surface area (Å²) in [5.41, 5.74) is 1.13. The summed E-state index contributed by atoms with van der Waals surface area (Å²) in [5.74, 6) is 2.22. The molecule has 136 valence electrons. The van der Waals surface area contributed by atoms with E-state index in [1.165, 1.54) is 4.88 Å². The standard InChI is InChI=1S/C19H28N4OS/c1-14(2)13-24-17-8-6-5-7-16(17)12-23-19(20-4)21-10-9-18-22-11-15(3)25-18/h5-8,11,14H,9-10,12-13H2,1-4H3,(H2,20,21,23). The summed E-state index contributed by atoms with van der Waals surface area (Å²) in [6, 6.07) is 8.12. The molecule has 1 heterocycles. The zero-order chi connectivity index (χ0) is 18.1. The lowest BCUT2D eigenvalue weighted by molar-refractivity contribution is 0.268. The number of aromatic nitrogens is 1. The number of para-hydroxylation sites is 1. The molecular formula is C19H28N4OS. The van der Waals surface area contributed by atoms with Gasteiger partial charge in [-0.2, -0.15) is 0 Å². The van der Waals surface area contributed by atoms with Crippen LogP contribution in [0, 0.1) is 12.8 Å². The molecule has 6 heteroatoms. The van der Waals surface area contributed by atoms with Crippen molar-refractivity contribution in [1.82, 2.24) is 15.6 Å². The summed E-state index contributed by atoms with van der Waals surface area (Å²) in [6.45, 7) is 8.57. The molecule has 0 saturated carbocycles. The van der Waals surface area contributed by atoms with E-state index in [2.05, 4.69) is 47.4 Å². The monoisotopic (exact) mass is 360 g/mol.